The van der Waals surface area contributed by atoms with Crippen LogP contribution in [0, 0.1) is 0 Å². The van der Waals surface area contributed by atoms with Crippen LogP contribution in [0.5, 0.6) is 0 Å². The van der Waals surface area contributed by atoms with Crippen LogP contribution in [-0.4, -0.2) is 10.8 Å². The molecular weight excluding hydrogens is 501 g/mol. The van der Waals surface area contributed by atoms with E-state index in [1.54, 1.807) is 29.2 Å². The van der Waals surface area contributed by atoms with E-state index in [-0.39, 0.29) is 23.6 Å². The van der Waals surface area contributed by atoms with Gasteiger partial charge in [0.25, 0.3) is 5.91 Å². The van der Waals surface area contributed by atoms with E-state index in [1.807, 2.05) is 42.5 Å². The van der Waals surface area contributed by atoms with Gasteiger partial charge in [-0.25, -0.2) is 0 Å². The number of carbonyl (C=O) groups is 1. The first-order valence-corrected chi connectivity index (χ1v) is 11.0. The van der Waals surface area contributed by atoms with Crippen LogP contribution in [0.2, 0.25) is 10.0 Å². The molecule has 1 amide bonds. The molecule has 0 fully saturated rings. The molecule has 0 N–H and O–H groups in total. The van der Waals surface area contributed by atoms with E-state index in [0.717, 1.165) is 15.6 Å². The fraction of sp³-hybridized carbons (Fsp3) is 0.0833. The molecule has 4 aromatic rings. The third-order valence-electron chi connectivity index (χ3n) is 5.39. The summed E-state index contributed by atoms with van der Waals surface area (Å²) in [4.78, 5) is 28.6. The lowest BCUT2D eigenvalue weighted by Gasteiger charge is -2.25. The Hall–Kier alpha value is -2.60. The van der Waals surface area contributed by atoms with Crippen molar-refractivity contribution in [3.8, 4) is 0 Å². The highest BCUT2D eigenvalue weighted by Crippen LogP contribution is 2.40. The van der Waals surface area contributed by atoms with Gasteiger partial charge in [-0.1, -0.05) is 69.5 Å². The highest BCUT2D eigenvalue weighted by molar-refractivity contribution is 9.10. The maximum atomic E-state index is 13.5. The SMILES string of the molecule is O=C1c2oc3ccc(Cl)cc3c(=O)c2C(c2cccc(Br)c2)N1Cc1ccccc1Cl. The molecule has 4 nitrogen and oxygen atoms in total. The fourth-order valence-electron chi connectivity index (χ4n) is 3.99. The van der Waals surface area contributed by atoms with Gasteiger partial charge in [0.15, 0.2) is 5.43 Å². The molecular formula is C24H14BrCl2NO3. The Balaban J connectivity index is 1.75. The molecule has 1 atom stereocenters. The topological polar surface area (TPSA) is 50.5 Å². The summed E-state index contributed by atoms with van der Waals surface area (Å²) >= 11 is 16.0. The van der Waals surface area contributed by atoms with Gasteiger partial charge in [0, 0.05) is 21.1 Å². The normalized spacial score (nSPS) is 15.5. The van der Waals surface area contributed by atoms with Crippen molar-refractivity contribution in [3.05, 3.63) is 114 Å². The Morgan fingerprint density at radius 2 is 1.77 bits per heavy atom. The molecule has 154 valence electrons. The molecule has 31 heavy (non-hydrogen) atoms. The van der Waals surface area contributed by atoms with Crippen molar-refractivity contribution in [2.45, 2.75) is 12.6 Å². The smallest absolute Gasteiger partial charge is 0.291 e. The van der Waals surface area contributed by atoms with Crippen molar-refractivity contribution in [2.24, 2.45) is 0 Å². The van der Waals surface area contributed by atoms with Crippen LogP contribution >= 0.6 is 39.1 Å². The number of nitrogens with zero attached hydrogens (tertiary/aromatic N) is 1. The van der Waals surface area contributed by atoms with Crippen molar-refractivity contribution in [3.63, 3.8) is 0 Å². The van der Waals surface area contributed by atoms with Crippen LogP contribution < -0.4 is 5.43 Å². The standard InChI is InChI=1S/C24H14BrCl2NO3/c25-15-6-3-5-13(10-15)21-20-22(29)17-11-16(26)8-9-19(17)31-23(20)24(30)28(21)12-14-4-1-2-7-18(14)27/h1-11,21H,12H2. The van der Waals surface area contributed by atoms with Gasteiger partial charge < -0.3 is 9.32 Å². The van der Waals surface area contributed by atoms with Crippen LogP contribution in [0.4, 0.5) is 0 Å². The summed E-state index contributed by atoms with van der Waals surface area (Å²) in [5.41, 5.74) is 1.95. The summed E-state index contributed by atoms with van der Waals surface area (Å²) in [7, 11) is 0. The monoisotopic (exact) mass is 513 g/mol. The summed E-state index contributed by atoms with van der Waals surface area (Å²) in [6, 6.07) is 19.1. The van der Waals surface area contributed by atoms with Gasteiger partial charge in [-0.2, -0.15) is 0 Å². The van der Waals surface area contributed by atoms with Crippen molar-refractivity contribution < 1.29 is 9.21 Å². The summed E-state index contributed by atoms with van der Waals surface area (Å²) in [6.07, 6.45) is 0. The number of rotatable bonds is 3. The lowest BCUT2D eigenvalue weighted by molar-refractivity contribution is 0.0714. The zero-order valence-electron chi connectivity index (χ0n) is 15.9. The van der Waals surface area contributed by atoms with Crippen LogP contribution in [0.3, 0.4) is 0 Å². The first-order valence-electron chi connectivity index (χ1n) is 9.50. The molecule has 1 aliphatic rings. The molecule has 1 unspecified atom stereocenters. The van der Waals surface area contributed by atoms with Gasteiger partial charge in [-0.15, -0.1) is 0 Å². The zero-order chi connectivity index (χ0) is 21.7. The van der Waals surface area contributed by atoms with E-state index in [4.69, 9.17) is 27.6 Å². The second-order valence-corrected chi connectivity index (χ2v) is 9.06. The van der Waals surface area contributed by atoms with Crippen LogP contribution in [0.1, 0.15) is 33.3 Å². The van der Waals surface area contributed by atoms with Crippen LogP contribution in [-0.2, 0) is 6.54 Å². The number of fused-ring (bicyclic) bond motifs is 2. The number of hydrogen-bond acceptors (Lipinski definition) is 3. The number of halogens is 3. The van der Waals surface area contributed by atoms with Crippen LogP contribution in [0.25, 0.3) is 11.0 Å². The molecule has 0 saturated heterocycles. The number of amides is 1. The minimum atomic E-state index is -0.615. The van der Waals surface area contributed by atoms with E-state index < -0.39 is 6.04 Å². The minimum Gasteiger partial charge on any atom is -0.450 e. The summed E-state index contributed by atoms with van der Waals surface area (Å²) in [5, 5.41) is 1.32. The first kappa shape index (κ1) is 20.3. The number of carbonyl (C=O) groups excluding carboxylic acids is 1. The Morgan fingerprint density at radius 1 is 0.968 bits per heavy atom. The lowest BCUT2D eigenvalue weighted by atomic mass is 9.98. The van der Waals surface area contributed by atoms with Crippen molar-refractivity contribution in [2.75, 3.05) is 0 Å². The van der Waals surface area contributed by atoms with Crippen molar-refractivity contribution in [1.29, 1.82) is 0 Å². The highest BCUT2D eigenvalue weighted by atomic mass is 79.9. The molecule has 0 spiro atoms. The molecule has 2 heterocycles. The Labute approximate surface area is 196 Å². The maximum absolute atomic E-state index is 13.5. The molecule has 1 aromatic heterocycles. The zero-order valence-corrected chi connectivity index (χ0v) is 19.0. The summed E-state index contributed by atoms with van der Waals surface area (Å²) in [5.74, 6) is -0.300. The number of benzene rings is 3. The summed E-state index contributed by atoms with van der Waals surface area (Å²) < 4.78 is 6.78. The van der Waals surface area contributed by atoms with Gasteiger partial charge in [-0.3, -0.25) is 9.59 Å². The highest BCUT2D eigenvalue weighted by Gasteiger charge is 2.43. The van der Waals surface area contributed by atoms with Crippen molar-refractivity contribution in [1.82, 2.24) is 4.90 Å². The molecule has 0 aliphatic carbocycles. The van der Waals surface area contributed by atoms with Gasteiger partial charge in [-0.05, 0) is 47.5 Å². The molecule has 7 heteroatoms. The fourth-order valence-corrected chi connectivity index (χ4v) is 4.77. The first-order chi connectivity index (χ1) is 14.9. The number of hydrogen-bond donors (Lipinski definition) is 0. The van der Waals surface area contributed by atoms with E-state index in [2.05, 4.69) is 15.9 Å². The predicted octanol–water partition coefficient (Wildman–Crippen LogP) is 6.61. The molecule has 1 aliphatic heterocycles. The van der Waals surface area contributed by atoms with Crippen LogP contribution in [0.15, 0.2) is 80.4 Å². The predicted molar refractivity (Wildman–Crippen MR) is 125 cm³/mol. The maximum Gasteiger partial charge on any atom is 0.291 e. The second-order valence-electron chi connectivity index (χ2n) is 7.30. The van der Waals surface area contributed by atoms with Crippen molar-refractivity contribution >= 4 is 56.0 Å². The molecule has 0 radical (unpaired) electrons. The average molecular weight is 515 g/mol. The van der Waals surface area contributed by atoms with Gasteiger partial charge >= 0.3 is 0 Å². The molecule has 0 saturated carbocycles. The molecule has 5 rings (SSSR count). The lowest BCUT2D eigenvalue weighted by Crippen LogP contribution is -2.29. The molecule has 3 aromatic carbocycles. The van der Waals surface area contributed by atoms with Gasteiger partial charge in [0.1, 0.15) is 5.58 Å². The Morgan fingerprint density at radius 3 is 2.55 bits per heavy atom. The Kier molecular flexibility index (Phi) is 5.13. The Bertz CT molecular complexity index is 1420. The van der Waals surface area contributed by atoms with E-state index in [9.17, 15) is 9.59 Å². The summed E-state index contributed by atoms with van der Waals surface area (Å²) in [6.45, 7) is 0.233. The van der Waals surface area contributed by atoms with E-state index in [1.165, 1.54) is 0 Å². The minimum absolute atomic E-state index is 0.0526. The second kappa shape index (κ2) is 7.83. The molecule has 0 bridgehead atoms. The quantitative estimate of drug-likeness (QED) is 0.309. The van der Waals surface area contributed by atoms with E-state index >= 15 is 0 Å². The largest absolute Gasteiger partial charge is 0.450 e. The van der Waals surface area contributed by atoms with Gasteiger partial charge in [0.2, 0.25) is 5.76 Å². The van der Waals surface area contributed by atoms with E-state index in [0.29, 0.717) is 26.6 Å². The third kappa shape index (κ3) is 3.47. The third-order valence-corrected chi connectivity index (χ3v) is 6.49. The average Bonchev–Trinajstić information content (AvgIpc) is 3.02. The van der Waals surface area contributed by atoms with Gasteiger partial charge in [0.05, 0.1) is 17.0 Å².